The molecule has 2 N–H and O–H groups in total. The number of carbonyl (C=O) groups is 3. The predicted octanol–water partition coefficient (Wildman–Crippen LogP) is 3.30. The molecule has 2 aliphatic heterocycles. The molecule has 1 spiro atoms. The third-order valence-corrected chi connectivity index (χ3v) is 7.96. The molecule has 0 radical (unpaired) electrons. The normalized spacial score (nSPS) is 24.4. The van der Waals surface area contributed by atoms with E-state index >= 15 is 0 Å². The number of benzene rings is 1. The van der Waals surface area contributed by atoms with E-state index in [2.05, 4.69) is 15.3 Å². The Morgan fingerprint density at radius 2 is 1.81 bits per heavy atom. The first-order valence-corrected chi connectivity index (χ1v) is 12.8. The first-order chi connectivity index (χ1) is 17.8. The minimum absolute atomic E-state index is 0.00719. The van der Waals surface area contributed by atoms with Crippen LogP contribution in [0.1, 0.15) is 59.5 Å². The first kappa shape index (κ1) is 25.6. The van der Waals surface area contributed by atoms with Crippen molar-refractivity contribution in [3.63, 3.8) is 0 Å². The van der Waals surface area contributed by atoms with Crippen molar-refractivity contribution in [2.24, 2.45) is 5.41 Å². The van der Waals surface area contributed by atoms with Gasteiger partial charge in [0.2, 0.25) is 5.91 Å². The van der Waals surface area contributed by atoms with Crippen LogP contribution in [0.4, 0.5) is 14.5 Å². The third-order valence-electron chi connectivity index (χ3n) is 7.66. The van der Waals surface area contributed by atoms with Crippen LogP contribution in [0.5, 0.6) is 0 Å². The van der Waals surface area contributed by atoms with Gasteiger partial charge < -0.3 is 24.8 Å². The number of carbonyl (C=O) groups excluding carboxylic acids is 3. The van der Waals surface area contributed by atoms with E-state index < -0.39 is 23.0 Å². The van der Waals surface area contributed by atoms with E-state index in [-0.39, 0.29) is 40.0 Å². The zero-order chi connectivity index (χ0) is 26.2. The highest BCUT2D eigenvalue weighted by molar-refractivity contribution is 6.33. The summed E-state index contributed by atoms with van der Waals surface area (Å²) in [7, 11) is 0. The lowest BCUT2D eigenvalue weighted by molar-refractivity contribution is -0.132. The Hall–Kier alpha value is -3.05. The number of piperidine rings is 1. The molecule has 2 aromatic rings. The molecule has 37 heavy (non-hydrogen) atoms. The molecule has 3 fully saturated rings. The summed E-state index contributed by atoms with van der Waals surface area (Å²) in [6, 6.07) is 1.68. The number of halogens is 3. The van der Waals surface area contributed by atoms with Gasteiger partial charge in [-0.2, -0.15) is 0 Å². The van der Waals surface area contributed by atoms with E-state index in [9.17, 15) is 23.2 Å². The average Bonchev–Trinajstić information content (AvgIpc) is 3.40. The quantitative estimate of drug-likeness (QED) is 0.584. The molecule has 9 nitrogen and oxygen atoms in total. The molecule has 0 unspecified atom stereocenters. The van der Waals surface area contributed by atoms with E-state index in [0.29, 0.717) is 71.4 Å². The number of nitrogens with zero attached hydrogens (tertiary/aromatic N) is 3. The third kappa shape index (κ3) is 4.94. The SMILES string of the molecule is O=C(N[C@H]1CC[C@@]2(CCCN(c3cc(F)c(F)cc3Cl)C2=O)CC1)c1[nH]cnc1C(=O)N1CCOCC1. The van der Waals surface area contributed by atoms with Gasteiger partial charge >= 0.3 is 0 Å². The zero-order valence-electron chi connectivity index (χ0n) is 20.2. The molecule has 198 valence electrons. The molecule has 1 aliphatic carbocycles. The van der Waals surface area contributed by atoms with Gasteiger partial charge in [0.1, 0.15) is 5.69 Å². The smallest absolute Gasteiger partial charge is 0.275 e. The van der Waals surface area contributed by atoms with Crippen molar-refractivity contribution < 1.29 is 27.9 Å². The number of nitrogens with one attached hydrogen (secondary N) is 2. The molecule has 1 aromatic heterocycles. The second-order valence-corrected chi connectivity index (χ2v) is 10.2. The molecule has 12 heteroatoms. The number of rotatable bonds is 4. The summed E-state index contributed by atoms with van der Waals surface area (Å²) >= 11 is 6.15. The number of imidazole rings is 1. The molecule has 5 rings (SSSR count). The lowest BCUT2D eigenvalue weighted by Crippen LogP contribution is -2.52. The van der Waals surface area contributed by atoms with Gasteiger partial charge in [-0.3, -0.25) is 14.4 Å². The van der Waals surface area contributed by atoms with Crippen molar-refractivity contribution in [3.8, 4) is 0 Å². The van der Waals surface area contributed by atoms with Crippen molar-refractivity contribution in [2.45, 2.75) is 44.6 Å². The number of hydrogen-bond acceptors (Lipinski definition) is 5. The summed E-state index contributed by atoms with van der Waals surface area (Å²) in [4.78, 5) is 49.3. The van der Waals surface area contributed by atoms with Gasteiger partial charge in [0.15, 0.2) is 17.3 Å². The summed E-state index contributed by atoms with van der Waals surface area (Å²) in [5, 5.41) is 2.97. The maximum Gasteiger partial charge on any atom is 0.275 e. The largest absolute Gasteiger partial charge is 0.378 e. The number of anilines is 1. The maximum atomic E-state index is 13.9. The minimum Gasteiger partial charge on any atom is -0.378 e. The highest BCUT2D eigenvalue weighted by Gasteiger charge is 2.47. The molecule has 1 aromatic carbocycles. The maximum absolute atomic E-state index is 13.9. The van der Waals surface area contributed by atoms with Gasteiger partial charge in [-0.25, -0.2) is 13.8 Å². The summed E-state index contributed by atoms with van der Waals surface area (Å²) in [5.74, 6) is -3.00. The van der Waals surface area contributed by atoms with Crippen LogP contribution < -0.4 is 10.2 Å². The number of ether oxygens (including phenoxy) is 1. The Labute approximate surface area is 217 Å². The number of aromatic amines is 1. The van der Waals surface area contributed by atoms with Crippen LogP contribution >= 0.6 is 11.6 Å². The van der Waals surface area contributed by atoms with E-state index in [4.69, 9.17) is 16.3 Å². The highest BCUT2D eigenvalue weighted by Crippen LogP contribution is 2.46. The molecule has 3 aliphatic rings. The number of morpholine rings is 1. The van der Waals surface area contributed by atoms with Gasteiger partial charge in [0, 0.05) is 37.2 Å². The molecule has 3 heterocycles. The molecule has 0 atom stereocenters. The fraction of sp³-hybridized carbons (Fsp3) is 0.520. The average molecular weight is 536 g/mol. The zero-order valence-corrected chi connectivity index (χ0v) is 21.0. The van der Waals surface area contributed by atoms with Crippen molar-refractivity contribution in [2.75, 3.05) is 37.7 Å². The van der Waals surface area contributed by atoms with Gasteiger partial charge in [0.25, 0.3) is 11.8 Å². The van der Waals surface area contributed by atoms with Crippen LogP contribution in [0.3, 0.4) is 0 Å². The molecular weight excluding hydrogens is 508 g/mol. The molecule has 3 amide bonds. The van der Waals surface area contributed by atoms with Crippen molar-refractivity contribution in [1.29, 1.82) is 0 Å². The molecular formula is C25H28ClF2N5O4. The van der Waals surface area contributed by atoms with E-state index in [1.165, 1.54) is 11.2 Å². The number of aromatic nitrogens is 2. The van der Waals surface area contributed by atoms with Crippen molar-refractivity contribution in [1.82, 2.24) is 20.2 Å². The fourth-order valence-electron chi connectivity index (χ4n) is 5.60. The number of amides is 3. The Kier molecular flexibility index (Phi) is 7.17. The van der Waals surface area contributed by atoms with E-state index in [1.807, 2.05) is 0 Å². The second-order valence-electron chi connectivity index (χ2n) is 9.84. The van der Waals surface area contributed by atoms with Gasteiger partial charge in [-0.15, -0.1) is 0 Å². The van der Waals surface area contributed by atoms with Crippen molar-refractivity contribution in [3.05, 3.63) is 46.5 Å². The van der Waals surface area contributed by atoms with E-state index in [0.717, 1.165) is 12.1 Å². The molecule has 0 bridgehead atoms. The van der Waals surface area contributed by atoms with Crippen LogP contribution in [0.25, 0.3) is 0 Å². The van der Waals surface area contributed by atoms with Crippen LogP contribution in [-0.2, 0) is 9.53 Å². The number of hydrogen-bond donors (Lipinski definition) is 2. The van der Waals surface area contributed by atoms with Crippen LogP contribution in [0, 0.1) is 17.0 Å². The predicted molar refractivity (Wildman–Crippen MR) is 130 cm³/mol. The van der Waals surface area contributed by atoms with Gasteiger partial charge in [-0.1, -0.05) is 11.6 Å². The van der Waals surface area contributed by atoms with Crippen LogP contribution in [-0.4, -0.2) is 71.5 Å². The van der Waals surface area contributed by atoms with Crippen molar-refractivity contribution >= 4 is 35.0 Å². The molecule has 2 saturated heterocycles. The Morgan fingerprint density at radius 3 is 2.54 bits per heavy atom. The minimum atomic E-state index is -1.06. The lowest BCUT2D eigenvalue weighted by Gasteiger charge is -2.45. The second kappa shape index (κ2) is 10.4. The topological polar surface area (TPSA) is 108 Å². The van der Waals surface area contributed by atoms with Crippen LogP contribution in [0.15, 0.2) is 18.5 Å². The number of H-pyrrole nitrogens is 1. The van der Waals surface area contributed by atoms with Gasteiger partial charge in [0.05, 0.1) is 30.3 Å². The van der Waals surface area contributed by atoms with Gasteiger partial charge in [-0.05, 0) is 44.6 Å². The Bertz CT molecular complexity index is 1210. The monoisotopic (exact) mass is 535 g/mol. The standard InChI is InChI=1S/C25H28ClF2N5O4/c26-16-12-17(27)18(28)13-19(16)33-7-1-4-25(24(33)36)5-2-15(3-6-25)31-22(34)20-21(30-14-29-20)23(35)32-8-10-37-11-9-32/h12-15H,1-11H2,(H,29,30)(H,31,34)/t15-,25-. The fourth-order valence-corrected chi connectivity index (χ4v) is 5.85. The first-order valence-electron chi connectivity index (χ1n) is 12.5. The Balaban J connectivity index is 1.23. The summed E-state index contributed by atoms with van der Waals surface area (Å²) < 4.78 is 32.7. The summed E-state index contributed by atoms with van der Waals surface area (Å²) in [6.07, 6.45) is 4.93. The Morgan fingerprint density at radius 1 is 1.11 bits per heavy atom. The van der Waals surface area contributed by atoms with E-state index in [1.54, 1.807) is 4.90 Å². The summed E-state index contributed by atoms with van der Waals surface area (Å²) in [5.41, 5.74) is -0.270. The van der Waals surface area contributed by atoms with Crippen LogP contribution in [0.2, 0.25) is 5.02 Å². The highest BCUT2D eigenvalue weighted by atomic mass is 35.5. The lowest BCUT2D eigenvalue weighted by atomic mass is 9.67. The summed E-state index contributed by atoms with van der Waals surface area (Å²) in [6.45, 7) is 2.15. The molecule has 1 saturated carbocycles.